The molecule has 0 saturated carbocycles. The zero-order chi connectivity index (χ0) is 23.3. The molecule has 1 atom stereocenters. The molecule has 2 amide bonds. The van der Waals surface area contributed by atoms with Crippen molar-refractivity contribution in [3.8, 4) is 0 Å². The molecule has 0 radical (unpaired) electrons. The van der Waals surface area contributed by atoms with Crippen LogP contribution in [0.1, 0.15) is 22.0 Å². The lowest BCUT2D eigenvalue weighted by atomic mass is 10.0. The van der Waals surface area contributed by atoms with Gasteiger partial charge in [0.15, 0.2) is 11.6 Å². The third-order valence-corrected chi connectivity index (χ3v) is 5.91. The maximum absolute atomic E-state index is 13.6. The Morgan fingerprint density at radius 1 is 0.875 bits per heavy atom. The Kier molecular flexibility index (Phi) is 6.84. The predicted octanol–water partition coefficient (Wildman–Crippen LogP) is 2.98. The molecule has 7 nitrogen and oxygen atoms in total. The standard InChI is InChI=1S/C22H19F2N3O4S/c1-25-22(29)20(15-9-12-18(23)19(24)13-15)26-21(28)14-7-10-16(11-8-14)27-32(30,31)17-5-3-2-4-6-17/h2-13,20,27H,1H3,(H,25,29)(H,26,28). The number of amides is 2. The van der Waals surface area contributed by atoms with Gasteiger partial charge in [0.25, 0.3) is 15.9 Å². The van der Waals surface area contributed by atoms with Crippen LogP contribution in [0.4, 0.5) is 14.5 Å². The molecule has 0 aliphatic carbocycles. The minimum atomic E-state index is -3.79. The van der Waals surface area contributed by atoms with Gasteiger partial charge in [-0.05, 0) is 54.1 Å². The molecule has 3 rings (SSSR count). The summed E-state index contributed by atoms with van der Waals surface area (Å²) in [6, 6.07) is 14.9. The van der Waals surface area contributed by atoms with Gasteiger partial charge in [-0.1, -0.05) is 24.3 Å². The van der Waals surface area contributed by atoms with Crippen LogP contribution in [0, 0.1) is 11.6 Å². The molecule has 10 heteroatoms. The lowest BCUT2D eigenvalue weighted by molar-refractivity contribution is -0.122. The predicted molar refractivity (Wildman–Crippen MR) is 114 cm³/mol. The Morgan fingerprint density at radius 3 is 2.12 bits per heavy atom. The molecule has 0 aliphatic rings. The molecular formula is C22H19F2N3O4S. The van der Waals surface area contributed by atoms with Crippen molar-refractivity contribution in [2.24, 2.45) is 0 Å². The number of carbonyl (C=O) groups is 2. The molecule has 0 heterocycles. The summed E-state index contributed by atoms with van der Waals surface area (Å²) in [6.07, 6.45) is 0. The van der Waals surface area contributed by atoms with Crippen molar-refractivity contribution in [1.82, 2.24) is 10.6 Å². The zero-order valence-corrected chi connectivity index (χ0v) is 17.6. The maximum Gasteiger partial charge on any atom is 0.261 e. The average molecular weight is 459 g/mol. The quantitative estimate of drug-likeness (QED) is 0.505. The van der Waals surface area contributed by atoms with Crippen molar-refractivity contribution in [2.45, 2.75) is 10.9 Å². The minimum Gasteiger partial charge on any atom is -0.357 e. The molecule has 0 bridgehead atoms. The fourth-order valence-corrected chi connectivity index (χ4v) is 3.93. The van der Waals surface area contributed by atoms with Gasteiger partial charge in [0, 0.05) is 18.3 Å². The first-order valence-electron chi connectivity index (χ1n) is 9.36. The van der Waals surface area contributed by atoms with Crippen LogP contribution < -0.4 is 15.4 Å². The SMILES string of the molecule is CNC(=O)C(NC(=O)c1ccc(NS(=O)(=O)c2ccccc2)cc1)c1ccc(F)c(F)c1. The van der Waals surface area contributed by atoms with Gasteiger partial charge in [-0.15, -0.1) is 0 Å². The first-order valence-corrected chi connectivity index (χ1v) is 10.8. The highest BCUT2D eigenvalue weighted by molar-refractivity contribution is 7.92. The third-order valence-electron chi connectivity index (χ3n) is 4.51. The number of hydrogen-bond acceptors (Lipinski definition) is 4. The van der Waals surface area contributed by atoms with Crippen molar-refractivity contribution >= 4 is 27.5 Å². The molecule has 0 fully saturated rings. The zero-order valence-electron chi connectivity index (χ0n) is 16.8. The molecule has 0 aliphatic heterocycles. The monoisotopic (exact) mass is 459 g/mol. The van der Waals surface area contributed by atoms with E-state index in [4.69, 9.17) is 0 Å². The molecule has 0 aromatic heterocycles. The van der Waals surface area contributed by atoms with Gasteiger partial charge in [-0.3, -0.25) is 14.3 Å². The lowest BCUT2D eigenvalue weighted by Gasteiger charge is -2.18. The smallest absolute Gasteiger partial charge is 0.261 e. The topological polar surface area (TPSA) is 104 Å². The summed E-state index contributed by atoms with van der Waals surface area (Å²) in [5, 5.41) is 4.82. The Hall–Kier alpha value is -3.79. The summed E-state index contributed by atoms with van der Waals surface area (Å²) in [5.74, 6) is -3.53. The summed E-state index contributed by atoms with van der Waals surface area (Å²) in [6.45, 7) is 0. The van der Waals surface area contributed by atoms with Gasteiger partial charge in [0.1, 0.15) is 6.04 Å². The normalized spacial score (nSPS) is 12.0. The van der Waals surface area contributed by atoms with Crippen molar-refractivity contribution < 1.29 is 26.8 Å². The van der Waals surface area contributed by atoms with Crippen LogP contribution in [0.3, 0.4) is 0 Å². The van der Waals surface area contributed by atoms with Crippen molar-refractivity contribution in [2.75, 3.05) is 11.8 Å². The summed E-state index contributed by atoms with van der Waals surface area (Å²) in [4.78, 5) is 24.9. The molecule has 3 aromatic carbocycles. The number of rotatable bonds is 7. The molecule has 1 unspecified atom stereocenters. The number of hydrogen-bond donors (Lipinski definition) is 3. The number of halogens is 2. The fourth-order valence-electron chi connectivity index (χ4n) is 2.85. The second-order valence-corrected chi connectivity index (χ2v) is 8.37. The van der Waals surface area contributed by atoms with E-state index in [-0.39, 0.29) is 21.7 Å². The van der Waals surface area contributed by atoms with Gasteiger partial charge in [0.05, 0.1) is 4.90 Å². The van der Waals surface area contributed by atoms with E-state index in [9.17, 15) is 26.8 Å². The third kappa shape index (κ3) is 5.27. The van der Waals surface area contributed by atoms with Crippen molar-refractivity contribution in [3.05, 3.63) is 95.6 Å². The van der Waals surface area contributed by atoms with Gasteiger partial charge < -0.3 is 10.6 Å². The summed E-state index contributed by atoms with van der Waals surface area (Å²) >= 11 is 0. The van der Waals surface area contributed by atoms with Crippen LogP contribution in [-0.4, -0.2) is 27.3 Å². The number of likely N-dealkylation sites (N-methyl/N-ethyl adjacent to an activating group) is 1. The van der Waals surface area contributed by atoms with E-state index >= 15 is 0 Å². The van der Waals surface area contributed by atoms with Crippen LogP contribution in [0.5, 0.6) is 0 Å². The Labute approximate surface area is 183 Å². The van der Waals surface area contributed by atoms with E-state index in [1.54, 1.807) is 18.2 Å². The van der Waals surface area contributed by atoms with Crippen LogP contribution in [-0.2, 0) is 14.8 Å². The first kappa shape index (κ1) is 22.9. The fraction of sp³-hybridized carbons (Fsp3) is 0.0909. The molecule has 3 N–H and O–H groups in total. The number of anilines is 1. The molecule has 32 heavy (non-hydrogen) atoms. The maximum atomic E-state index is 13.6. The van der Waals surface area contributed by atoms with Crippen LogP contribution in [0.25, 0.3) is 0 Å². The van der Waals surface area contributed by atoms with Gasteiger partial charge in [0.2, 0.25) is 5.91 Å². The largest absolute Gasteiger partial charge is 0.357 e. The second-order valence-electron chi connectivity index (χ2n) is 6.69. The van der Waals surface area contributed by atoms with E-state index in [1.165, 1.54) is 49.5 Å². The lowest BCUT2D eigenvalue weighted by Crippen LogP contribution is -2.39. The van der Waals surface area contributed by atoms with Crippen molar-refractivity contribution in [3.63, 3.8) is 0 Å². The summed E-state index contributed by atoms with van der Waals surface area (Å²) in [7, 11) is -2.45. The molecule has 0 saturated heterocycles. The summed E-state index contributed by atoms with van der Waals surface area (Å²) < 4.78 is 54.0. The van der Waals surface area contributed by atoms with E-state index in [0.717, 1.165) is 12.1 Å². The van der Waals surface area contributed by atoms with Crippen LogP contribution in [0.2, 0.25) is 0 Å². The van der Waals surface area contributed by atoms with E-state index in [2.05, 4.69) is 15.4 Å². The number of nitrogens with one attached hydrogen (secondary N) is 3. The van der Waals surface area contributed by atoms with Crippen LogP contribution >= 0.6 is 0 Å². The van der Waals surface area contributed by atoms with Crippen molar-refractivity contribution in [1.29, 1.82) is 0 Å². The van der Waals surface area contributed by atoms with E-state index in [1.807, 2.05) is 0 Å². The second kappa shape index (κ2) is 9.56. The highest BCUT2D eigenvalue weighted by Gasteiger charge is 2.24. The number of carbonyl (C=O) groups excluding carboxylic acids is 2. The van der Waals surface area contributed by atoms with Gasteiger partial charge >= 0.3 is 0 Å². The molecule has 0 spiro atoms. The minimum absolute atomic E-state index is 0.0591. The molecular weight excluding hydrogens is 440 g/mol. The molecule has 3 aromatic rings. The number of benzene rings is 3. The van der Waals surface area contributed by atoms with E-state index < -0.39 is 39.5 Å². The highest BCUT2D eigenvalue weighted by atomic mass is 32.2. The Morgan fingerprint density at radius 2 is 1.53 bits per heavy atom. The van der Waals surface area contributed by atoms with Crippen LogP contribution in [0.15, 0.2) is 77.7 Å². The van der Waals surface area contributed by atoms with E-state index in [0.29, 0.717) is 0 Å². The summed E-state index contributed by atoms with van der Waals surface area (Å²) in [5.41, 5.74) is 0.418. The molecule has 166 valence electrons. The van der Waals surface area contributed by atoms with Gasteiger partial charge in [-0.25, -0.2) is 17.2 Å². The average Bonchev–Trinajstić information content (AvgIpc) is 2.79. The Balaban J connectivity index is 1.76. The number of sulfonamides is 1. The highest BCUT2D eigenvalue weighted by Crippen LogP contribution is 2.19. The Bertz CT molecular complexity index is 1230. The first-order chi connectivity index (χ1) is 15.2. The van der Waals surface area contributed by atoms with Gasteiger partial charge in [-0.2, -0.15) is 0 Å².